The van der Waals surface area contributed by atoms with Crippen LogP contribution in [0.25, 0.3) is 0 Å². The highest BCUT2D eigenvalue weighted by molar-refractivity contribution is 5.18. The van der Waals surface area contributed by atoms with E-state index in [9.17, 15) is 22.0 Å². The molecule has 134 valence electrons. The molecule has 6 heteroatoms. The number of allylic oxidation sites excluding steroid dienone is 2. The minimum absolute atomic E-state index is 0.000322. The lowest BCUT2D eigenvalue weighted by Crippen LogP contribution is -2.33. The molecule has 0 aromatic heterocycles. The Balaban J connectivity index is 1.97. The Bertz CT molecular complexity index is 542. The summed E-state index contributed by atoms with van der Waals surface area (Å²) < 4.78 is 71.1. The lowest BCUT2D eigenvalue weighted by atomic mass is 9.79. The van der Waals surface area contributed by atoms with Gasteiger partial charge in [-0.25, -0.2) is 22.0 Å². The summed E-state index contributed by atoms with van der Waals surface area (Å²) in [7, 11) is 0. The van der Waals surface area contributed by atoms with Crippen molar-refractivity contribution in [2.75, 3.05) is 0 Å². The molecule has 1 fully saturated rings. The maximum Gasteiger partial charge on any atom is 0.264 e. The fourth-order valence-electron chi connectivity index (χ4n) is 3.24. The smallest absolute Gasteiger partial charge is 0.264 e. The molecule has 1 aliphatic rings. The number of alkyl halides is 2. The lowest BCUT2D eigenvalue weighted by Gasteiger charge is -2.32. The zero-order chi connectivity index (χ0) is 17.7. The Hall–Kier alpha value is -1.43. The van der Waals surface area contributed by atoms with E-state index in [1.54, 1.807) is 0 Å². The summed E-state index contributed by atoms with van der Waals surface area (Å²) in [5.74, 6) is -4.17. The molecule has 2 rings (SSSR count). The molecule has 0 spiro atoms. The van der Waals surface area contributed by atoms with E-state index in [0.29, 0.717) is 18.8 Å². The van der Waals surface area contributed by atoms with Crippen LogP contribution in [-0.4, -0.2) is 12.5 Å². The van der Waals surface area contributed by atoms with Crippen molar-refractivity contribution in [1.82, 2.24) is 0 Å². The summed E-state index contributed by atoms with van der Waals surface area (Å²) in [6, 6.07) is 1.54. The molecular weight excluding hydrogens is 327 g/mol. The van der Waals surface area contributed by atoms with Crippen molar-refractivity contribution in [3.63, 3.8) is 0 Å². The molecular formula is C18H21F5O. The maximum atomic E-state index is 13.3. The highest BCUT2D eigenvalue weighted by atomic mass is 19.3. The zero-order valence-electron chi connectivity index (χ0n) is 13.5. The average Bonchev–Trinajstić information content (AvgIpc) is 2.54. The van der Waals surface area contributed by atoms with Gasteiger partial charge in [-0.05, 0) is 62.1 Å². The van der Waals surface area contributed by atoms with Crippen molar-refractivity contribution in [2.45, 2.75) is 51.7 Å². The minimum atomic E-state index is -2.68. The van der Waals surface area contributed by atoms with E-state index in [0.717, 1.165) is 25.0 Å². The SMILES string of the molecule is C/C=C/C1CCC(C(OCc2cc(F)c(F)c(F)c2)C(F)F)CC1. The van der Waals surface area contributed by atoms with Crippen LogP contribution in [0.2, 0.25) is 0 Å². The maximum absolute atomic E-state index is 13.3. The zero-order valence-corrected chi connectivity index (χ0v) is 13.5. The van der Waals surface area contributed by atoms with E-state index in [1.165, 1.54) is 0 Å². The molecule has 1 nitrogen and oxygen atoms in total. The van der Waals surface area contributed by atoms with Gasteiger partial charge in [-0.3, -0.25) is 0 Å². The first kappa shape index (κ1) is 18.9. The molecule has 24 heavy (non-hydrogen) atoms. The van der Waals surface area contributed by atoms with Gasteiger partial charge >= 0.3 is 0 Å². The molecule has 0 N–H and O–H groups in total. The van der Waals surface area contributed by atoms with Gasteiger partial charge in [0.15, 0.2) is 17.5 Å². The first-order valence-corrected chi connectivity index (χ1v) is 8.08. The molecule has 0 radical (unpaired) electrons. The predicted molar refractivity (Wildman–Crippen MR) is 81.2 cm³/mol. The van der Waals surface area contributed by atoms with Gasteiger partial charge in [-0.15, -0.1) is 0 Å². The fraction of sp³-hybridized carbons (Fsp3) is 0.556. The van der Waals surface area contributed by atoms with Crippen LogP contribution >= 0.6 is 0 Å². The largest absolute Gasteiger partial charge is 0.367 e. The van der Waals surface area contributed by atoms with Gasteiger partial charge in [-0.2, -0.15) is 0 Å². The highest BCUT2D eigenvalue weighted by Crippen LogP contribution is 2.35. The Morgan fingerprint density at radius 1 is 1.08 bits per heavy atom. The number of hydrogen-bond acceptors (Lipinski definition) is 1. The summed E-state index contributed by atoms with van der Waals surface area (Å²) in [6.07, 6.45) is 2.97. The van der Waals surface area contributed by atoms with E-state index in [1.807, 2.05) is 13.0 Å². The monoisotopic (exact) mass is 348 g/mol. The van der Waals surface area contributed by atoms with Crippen LogP contribution in [0.15, 0.2) is 24.3 Å². The molecule has 0 heterocycles. The van der Waals surface area contributed by atoms with Crippen LogP contribution in [0.4, 0.5) is 22.0 Å². The Kier molecular flexibility index (Phi) is 6.78. The van der Waals surface area contributed by atoms with Crippen LogP contribution < -0.4 is 0 Å². The van der Waals surface area contributed by atoms with Crippen LogP contribution in [0.3, 0.4) is 0 Å². The molecule has 1 atom stereocenters. The minimum Gasteiger partial charge on any atom is -0.367 e. The molecule has 1 saturated carbocycles. The van der Waals surface area contributed by atoms with Crippen molar-refractivity contribution >= 4 is 0 Å². The summed E-state index contributed by atoms with van der Waals surface area (Å²) in [4.78, 5) is 0. The van der Waals surface area contributed by atoms with Gasteiger partial charge in [0.25, 0.3) is 6.43 Å². The van der Waals surface area contributed by atoms with E-state index in [2.05, 4.69) is 6.08 Å². The lowest BCUT2D eigenvalue weighted by molar-refractivity contribution is -0.101. The number of hydrogen-bond donors (Lipinski definition) is 0. The molecule has 0 aliphatic heterocycles. The molecule has 1 aromatic carbocycles. The number of ether oxygens (including phenoxy) is 1. The summed E-state index contributed by atoms with van der Waals surface area (Å²) >= 11 is 0. The first-order valence-electron chi connectivity index (χ1n) is 8.08. The van der Waals surface area contributed by atoms with Crippen molar-refractivity contribution in [1.29, 1.82) is 0 Å². The number of rotatable bonds is 6. The van der Waals surface area contributed by atoms with Gasteiger partial charge in [0.05, 0.1) is 6.61 Å². The topological polar surface area (TPSA) is 9.23 Å². The number of benzene rings is 1. The Morgan fingerprint density at radius 2 is 1.67 bits per heavy atom. The summed E-state index contributed by atoms with van der Waals surface area (Å²) in [6.45, 7) is 1.55. The van der Waals surface area contributed by atoms with Gasteiger partial charge in [0, 0.05) is 0 Å². The Morgan fingerprint density at radius 3 is 2.17 bits per heavy atom. The molecule has 1 unspecified atom stereocenters. The normalized spacial score (nSPS) is 23.1. The summed E-state index contributed by atoms with van der Waals surface area (Å²) in [5, 5.41) is 0. The van der Waals surface area contributed by atoms with Gasteiger partial charge < -0.3 is 4.74 Å². The van der Waals surface area contributed by atoms with Crippen LogP contribution in [-0.2, 0) is 11.3 Å². The second kappa shape index (κ2) is 8.60. The van der Waals surface area contributed by atoms with Gasteiger partial charge in [0.1, 0.15) is 6.10 Å². The van der Waals surface area contributed by atoms with E-state index in [-0.39, 0.29) is 18.1 Å². The van der Waals surface area contributed by atoms with Crippen LogP contribution in [0.5, 0.6) is 0 Å². The van der Waals surface area contributed by atoms with Crippen molar-refractivity contribution in [2.24, 2.45) is 11.8 Å². The van der Waals surface area contributed by atoms with E-state index < -0.39 is 30.0 Å². The van der Waals surface area contributed by atoms with Crippen molar-refractivity contribution in [3.8, 4) is 0 Å². The fourth-order valence-corrected chi connectivity index (χ4v) is 3.24. The highest BCUT2D eigenvalue weighted by Gasteiger charge is 2.33. The second-order valence-electron chi connectivity index (χ2n) is 6.18. The van der Waals surface area contributed by atoms with Crippen molar-refractivity contribution in [3.05, 3.63) is 47.3 Å². The van der Waals surface area contributed by atoms with Gasteiger partial charge in [-0.1, -0.05) is 12.2 Å². The first-order chi connectivity index (χ1) is 11.4. The molecule has 0 amide bonds. The number of halogens is 5. The molecule has 0 saturated heterocycles. The average molecular weight is 348 g/mol. The molecule has 0 bridgehead atoms. The predicted octanol–water partition coefficient (Wildman–Crippen LogP) is 5.64. The third kappa shape index (κ3) is 4.79. The molecule has 1 aliphatic carbocycles. The van der Waals surface area contributed by atoms with E-state index in [4.69, 9.17) is 4.74 Å². The standard InChI is InChI=1S/C18H21F5O/c1-2-3-11-4-6-13(7-5-11)17(18(22)23)24-10-12-8-14(19)16(21)15(20)9-12/h2-3,8-9,11,13,17-18H,4-7,10H2,1H3/b3-2+. The van der Waals surface area contributed by atoms with Crippen molar-refractivity contribution < 1.29 is 26.7 Å². The van der Waals surface area contributed by atoms with Crippen LogP contribution in [0, 0.1) is 29.3 Å². The van der Waals surface area contributed by atoms with E-state index >= 15 is 0 Å². The third-order valence-corrected chi connectivity index (χ3v) is 4.48. The quantitative estimate of drug-likeness (QED) is 0.367. The van der Waals surface area contributed by atoms with Gasteiger partial charge in [0.2, 0.25) is 0 Å². The Labute approximate surface area is 138 Å². The molecule has 1 aromatic rings. The third-order valence-electron chi connectivity index (χ3n) is 4.48. The second-order valence-corrected chi connectivity index (χ2v) is 6.18. The van der Waals surface area contributed by atoms with Crippen LogP contribution in [0.1, 0.15) is 38.2 Å². The summed E-state index contributed by atoms with van der Waals surface area (Å²) in [5.41, 5.74) is -0.000322.